The van der Waals surface area contributed by atoms with E-state index in [9.17, 15) is 4.79 Å². The summed E-state index contributed by atoms with van der Waals surface area (Å²) < 4.78 is 15.4. The molecule has 0 saturated carbocycles. The molecule has 2 aromatic rings. The number of hydrogen-bond acceptors (Lipinski definition) is 6. The first-order valence-corrected chi connectivity index (χ1v) is 8.04. The molecule has 0 aliphatic heterocycles. The van der Waals surface area contributed by atoms with E-state index >= 15 is 0 Å². The quantitative estimate of drug-likeness (QED) is 0.727. The van der Waals surface area contributed by atoms with Gasteiger partial charge >= 0.3 is 5.97 Å². The van der Waals surface area contributed by atoms with Gasteiger partial charge in [-0.05, 0) is 30.7 Å². The third-order valence-electron chi connectivity index (χ3n) is 3.03. The molecule has 0 radical (unpaired) electrons. The van der Waals surface area contributed by atoms with Crippen LogP contribution in [0.2, 0.25) is 0 Å². The molecule has 23 heavy (non-hydrogen) atoms. The van der Waals surface area contributed by atoms with E-state index in [2.05, 4.69) is 4.98 Å². The molecule has 2 rings (SSSR count). The minimum absolute atomic E-state index is 0.203. The summed E-state index contributed by atoms with van der Waals surface area (Å²) in [5.74, 6) is 1.11. The van der Waals surface area contributed by atoms with E-state index < -0.39 is 0 Å². The van der Waals surface area contributed by atoms with Crippen molar-refractivity contribution in [3.05, 3.63) is 39.8 Å². The van der Waals surface area contributed by atoms with Crippen LogP contribution in [0, 0.1) is 0 Å². The Balaban J connectivity index is 2.06. The van der Waals surface area contributed by atoms with Crippen molar-refractivity contribution >= 4 is 29.5 Å². The first-order chi connectivity index (χ1) is 11.2. The minimum Gasteiger partial charge on any atom is -0.493 e. The van der Waals surface area contributed by atoms with Crippen LogP contribution in [-0.4, -0.2) is 31.8 Å². The Morgan fingerprint density at radius 2 is 2.00 bits per heavy atom. The molecule has 6 heteroatoms. The Kier molecular flexibility index (Phi) is 6.17. The average Bonchev–Trinajstić information content (AvgIpc) is 3.00. The molecule has 0 atom stereocenters. The summed E-state index contributed by atoms with van der Waals surface area (Å²) in [6.45, 7) is 2.17. The zero-order valence-corrected chi connectivity index (χ0v) is 14.2. The summed E-state index contributed by atoms with van der Waals surface area (Å²) in [7, 11) is 3.21. The fraction of sp³-hybridized carbons (Fsp3) is 0.294. The van der Waals surface area contributed by atoms with Gasteiger partial charge in [0.2, 0.25) is 0 Å². The molecule has 0 aliphatic rings. The number of thiazole rings is 1. The first-order valence-electron chi connectivity index (χ1n) is 7.16. The number of benzene rings is 1. The van der Waals surface area contributed by atoms with Crippen molar-refractivity contribution < 1.29 is 19.0 Å². The standard InChI is InChI=1S/C17H19NO4S/c1-4-22-17(19)10-13-11-23-16(18-13)8-6-12-5-7-14(20-2)15(9-12)21-3/h5-9,11H,4,10H2,1-3H3. The van der Waals surface area contributed by atoms with Gasteiger partial charge in [-0.3, -0.25) is 4.79 Å². The molecule has 0 fully saturated rings. The van der Waals surface area contributed by atoms with Crippen molar-refractivity contribution in [2.75, 3.05) is 20.8 Å². The second-order valence-electron chi connectivity index (χ2n) is 4.61. The average molecular weight is 333 g/mol. The molecule has 0 spiro atoms. The molecule has 0 bridgehead atoms. The molecule has 0 N–H and O–H groups in total. The van der Waals surface area contributed by atoms with Gasteiger partial charge in [0.05, 0.1) is 32.9 Å². The lowest BCUT2D eigenvalue weighted by Crippen LogP contribution is -2.07. The molecule has 5 nitrogen and oxygen atoms in total. The molecule has 0 unspecified atom stereocenters. The van der Waals surface area contributed by atoms with Gasteiger partial charge in [0.15, 0.2) is 11.5 Å². The molecular formula is C17H19NO4S. The zero-order valence-electron chi connectivity index (χ0n) is 13.4. The monoisotopic (exact) mass is 333 g/mol. The SMILES string of the molecule is CCOC(=O)Cc1csc(C=Cc2ccc(OC)c(OC)c2)n1. The molecule has 122 valence electrons. The maximum Gasteiger partial charge on any atom is 0.311 e. The normalized spacial score (nSPS) is 10.7. The van der Waals surface area contributed by atoms with Crippen LogP contribution in [0.5, 0.6) is 11.5 Å². The summed E-state index contributed by atoms with van der Waals surface area (Å²) in [5, 5.41) is 2.70. The summed E-state index contributed by atoms with van der Waals surface area (Å²) in [6.07, 6.45) is 4.05. The fourth-order valence-electron chi connectivity index (χ4n) is 1.96. The smallest absolute Gasteiger partial charge is 0.311 e. The maximum atomic E-state index is 11.4. The summed E-state index contributed by atoms with van der Waals surface area (Å²) in [6, 6.07) is 5.68. The van der Waals surface area contributed by atoms with Crippen LogP contribution >= 0.6 is 11.3 Å². The van der Waals surface area contributed by atoms with Crippen molar-refractivity contribution in [2.45, 2.75) is 13.3 Å². The molecule has 1 aromatic heterocycles. The number of methoxy groups -OCH3 is 2. The number of carbonyl (C=O) groups excluding carboxylic acids is 1. The van der Waals surface area contributed by atoms with Crippen LogP contribution in [0.25, 0.3) is 12.2 Å². The summed E-state index contributed by atoms with van der Waals surface area (Å²) >= 11 is 1.48. The van der Waals surface area contributed by atoms with Gasteiger partial charge in [-0.2, -0.15) is 0 Å². The number of esters is 1. The van der Waals surface area contributed by atoms with E-state index in [1.165, 1.54) is 11.3 Å². The van der Waals surface area contributed by atoms with Crippen LogP contribution in [0.4, 0.5) is 0 Å². The van der Waals surface area contributed by atoms with Crippen LogP contribution < -0.4 is 9.47 Å². The number of hydrogen-bond donors (Lipinski definition) is 0. The van der Waals surface area contributed by atoms with E-state index in [1.807, 2.05) is 35.7 Å². The van der Waals surface area contributed by atoms with Crippen LogP contribution in [0.3, 0.4) is 0 Å². The van der Waals surface area contributed by atoms with Crippen molar-refractivity contribution in [1.82, 2.24) is 4.98 Å². The van der Waals surface area contributed by atoms with E-state index in [0.717, 1.165) is 16.3 Å². The van der Waals surface area contributed by atoms with E-state index in [4.69, 9.17) is 14.2 Å². The molecule has 1 heterocycles. The largest absolute Gasteiger partial charge is 0.493 e. The molecular weight excluding hydrogens is 314 g/mol. The predicted octanol–water partition coefficient (Wildman–Crippen LogP) is 3.44. The summed E-state index contributed by atoms with van der Waals surface area (Å²) in [5.41, 5.74) is 1.70. The van der Waals surface area contributed by atoms with Gasteiger partial charge in [0.1, 0.15) is 5.01 Å². The van der Waals surface area contributed by atoms with Gasteiger partial charge in [-0.15, -0.1) is 11.3 Å². The highest BCUT2D eigenvalue weighted by molar-refractivity contribution is 7.10. The number of nitrogens with zero attached hydrogens (tertiary/aromatic N) is 1. The Hall–Kier alpha value is -2.34. The molecule has 1 aromatic carbocycles. The van der Waals surface area contributed by atoms with Gasteiger partial charge in [-0.1, -0.05) is 12.1 Å². The van der Waals surface area contributed by atoms with E-state index in [1.54, 1.807) is 21.1 Å². The highest BCUT2D eigenvalue weighted by Gasteiger charge is 2.07. The lowest BCUT2D eigenvalue weighted by molar-refractivity contribution is -0.142. The molecule has 0 aliphatic carbocycles. The maximum absolute atomic E-state index is 11.4. The third-order valence-corrected chi connectivity index (χ3v) is 3.89. The van der Waals surface area contributed by atoms with Crippen molar-refractivity contribution in [3.63, 3.8) is 0 Å². The highest BCUT2D eigenvalue weighted by atomic mass is 32.1. The van der Waals surface area contributed by atoms with Crippen LogP contribution in [0.1, 0.15) is 23.2 Å². The predicted molar refractivity (Wildman–Crippen MR) is 90.9 cm³/mol. The van der Waals surface area contributed by atoms with E-state index in [0.29, 0.717) is 18.1 Å². The molecule has 0 amide bonds. The Labute approximate surface area is 139 Å². The minimum atomic E-state index is -0.256. The number of rotatable bonds is 7. The number of ether oxygens (including phenoxy) is 3. The second-order valence-corrected chi connectivity index (χ2v) is 5.50. The topological polar surface area (TPSA) is 57.7 Å². The molecule has 0 saturated heterocycles. The number of carbonyl (C=O) groups is 1. The van der Waals surface area contributed by atoms with Crippen molar-refractivity contribution in [1.29, 1.82) is 0 Å². The van der Waals surface area contributed by atoms with Gasteiger partial charge in [0.25, 0.3) is 0 Å². The van der Waals surface area contributed by atoms with Gasteiger partial charge < -0.3 is 14.2 Å². The van der Waals surface area contributed by atoms with E-state index in [-0.39, 0.29) is 12.4 Å². The van der Waals surface area contributed by atoms with Gasteiger partial charge in [0, 0.05) is 5.38 Å². The fourth-order valence-corrected chi connectivity index (χ4v) is 2.67. The first kappa shape index (κ1) is 17.0. The second kappa shape index (κ2) is 8.33. The Morgan fingerprint density at radius 1 is 1.22 bits per heavy atom. The highest BCUT2D eigenvalue weighted by Crippen LogP contribution is 2.28. The van der Waals surface area contributed by atoms with Gasteiger partial charge in [-0.25, -0.2) is 4.98 Å². The summed E-state index contributed by atoms with van der Waals surface area (Å²) in [4.78, 5) is 15.8. The number of aromatic nitrogens is 1. The lowest BCUT2D eigenvalue weighted by atomic mass is 10.2. The Bertz CT molecular complexity index is 694. The van der Waals surface area contributed by atoms with Crippen molar-refractivity contribution in [3.8, 4) is 11.5 Å². The third kappa shape index (κ3) is 4.82. The van der Waals surface area contributed by atoms with Crippen LogP contribution in [-0.2, 0) is 16.0 Å². The Morgan fingerprint density at radius 3 is 2.70 bits per heavy atom. The lowest BCUT2D eigenvalue weighted by Gasteiger charge is -2.07. The van der Waals surface area contributed by atoms with Crippen LogP contribution in [0.15, 0.2) is 23.6 Å². The zero-order chi connectivity index (χ0) is 16.7. The van der Waals surface area contributed by atoms with Crippen molar-refractivity contribution in [2.24, 2.45) is 0 Å².